The number of hydrogen-bond donors (Lipinski definition) is 0. The van der Waals surface area contributed by atoms with Crippen LogP contribution in [-0.4, -0.2) is 40.7 Å². The molecule has 1 aliphatic rings. The van der Waals surface area contributed by atoms with Gasteiger partial charge in [0.05, 0.1) is 19.9 Å². The van der Waals surface area contributed by atoms with Gasteiger partial charge in [-0.05, 0) is 56.0 Å². The van der Waals surface area contributed by atoms with Crippen molar-refractivity contribution < 1.29 is 13.9 Å². The lowest BCUT2D eigenvalue weighted by Crippen LogP contribution is -2.35. The average molecular weight is 441 g/mol. The van der Waals surface area contributed by atoms with Gasteiger partial charge in [0, 0.05) is 30.0 Å². The van der Waals surface area contributed by atoms with E-state index in [-0.39, 0.29) is 5.78 Å². The number of piperidine rings is 1. The Morgan fingerprint density at radius 1 is 1.26 bits per heavy atom. The molecule has 0 N–H and O–H groups in total. The second-order valence-corrected chi connectivity index (χ2v) is 8.93. The molecule has 31 heavy (non-hydrogen) atoms. The second kappa shape index (κ2) is 9.60. The summed E-state index contributed by atoms with van der Waals surface area (Å²) >= 11 is 1.59. The summed E-state index contributed by atoms with van der Waals surface area (Å²) in [7, 11) is 1.64. The molecule has 0 bridgehead atoms. The smallest absolute Gasteiger partial charge is 0.228 e. The maximum atomic E-state index is 11.8. The van der Waals surface area contributed by atoms with Crippen LogP contribution in [0.3, 0.4) is 0 Å². The number of aromatic nitrogens is 3. The second-order valence-electron chi connectivity index (χ2n) is 7.99. The lowest BCUT2D eigenvalue weighted by Gasteiger charge is -2.31. The Morgan fingerprint density at radius 2 is 2.06 bits per heavy atom. The molecule has 0 aliphatic carbocycles. The van der Waals surface area contributed by atoms with Gasteiger partial charge < -0.3 is 14.1 Å². The number of nitrogens with zero attached hydrogens (tertiary/aromatic N) is 4. The summed E-state index contributed by atoms with van der Waals surface area (Å²) < 4.78 is 13.2. The minimum absolute atomic E-state index is 0.0384. The highest BCUT2D eigenvalue weighted by molar-refractivity contribution is 7.98. The summed E-state index contributed by atoms with van der Waals surface area (Å²) in [6, 6.07) is 9.40. The highest BCUT2D eigenvalue weighted by Gasteiger charge is 2.23. The zero-order valence-electron chi connectivity index (χ0n) is 18.2. The van der Waals surface area contributed by atoms with E-state index in [2.05, 4.69) is 26.6 Å². The van der Waals surface area contributed by atoms with Crippen LogP contribution >= 0.6 is 11.8 Å². The lowest BCUT2D eigenvalue weighted by molar-refractivity contribution is 0.101. The van der Waals surface area contributed by atoms with Crippen molar-refractivity contribution >= 4 is 23.5 Å². The number of thioether (sulfide) groups is 1. The first-order chi connectivity index (χ1) is 15.0. The number of carbonyl (C=O) groups is 1. The van der Waals surface area contributed by atoms with Crippen molar-refractivity contribution in [3.05, 3.63) is 53.5 Å². The highest BCUT2D eigenvalue weighted by atomic mass is 32.2. The molecule has 0 saturated carbocycles. The Kier molecular flexibility index (Phi) is 6.65. The van der Waals surface area contributed by atoms with E-state index in [0.717, 1.165) is 60.0 Å². The zero-order valence-corrected chi connectivity index (χ0v) is 19.0. The van der Waals surface area contributed by atoms with Gasteiger partial charge in [0.15, 0.2) is 10.9 Å². The van der Waals surface area contributed by atoms with Gasteiger partial charge in [0.1, 0.15) is 11.5 Å². The van der Waals surface area contributed by atoms with Gasteiger partial charge >= 0.3 is 0 Å². The SMILES string of the molecule is COc1ccc(C(C)=O)cc1CSc1nnc(N2CCC(C)CC2)n1Cc1ccco1. The van der Waals surface area contributed by atoms with Crippen molar-refractivity contribution in [2.75, 3.05) is 25.1 Å². The lowest BCUT2D eigenvalue weighted by atomic mass is 10.00. The van der Waals surface area contributed by atoms with Crippen molar-refractivity contribution in [3.8, 4) is 5.75 Å². The highest BCUT2D eigenvalue weighted by Crippen LogP contribution is 2.31. The predicted molar refractivity (Wildman–Crippen MR) is 121 cm³/mol. The van der Waals surface area contributed by atoms with Crippen LogP contribution in [0.4, 0.5) is 5.95 Å². The predicted octanol–water partition coefficient (Wildman–Crippen LogP) is 4.66. The topological polar surface area (TPSA) is 73.4 Å². The van der Waals surface area contributed by atoms with Crippen LogP contribution in [0.2, 0.25) is 0 Å². The Balaban J connectivity index is 1.59. The van der Waals surface area contributed by atoms with E-state index < -0.39 is 0 Å². The summed E-state index contributed by atoms with van der Waals surface area (Å²) in [5, 5.41) is 9.86. The fourth-order valence-electron chi connectivity index (χ4n) is 3.78. The number of hydrogen-bond acceptors (Lipinski definition) is 7. The van der Waals surface area contributed by atoms with Crippen LogP contribution in [0.15, 0.2) is 46.2 Å². The molecule has 2 aromatic heterocycles. The van der Waals surface area contributed by atoms with E-state index in [0.29, 0.717) is 17.9 Å². The Labute approximate surface area is 186 Å². The normalized spacial score (nSPS) is 14.7. The summed E-state index contributed by atoms with van der Waals surface area (Å²) in [5.41, 5.74) is 1.64. The first kappa shape index (κ1) is 21.5. The largest absolute Gasteiger partial charge is 0.496 e. The van der Waals surface area contributed by atoms with Crippen LogP contribution in [-0.2, 0) is 12.3 Å². The minimum Gasteiger partial charge on any atom is -0.496 e. The number of anilines is 1. The molecule has 0 amide bonds. The third-order valence-corrected chi connectivity index (χ3v) is 6.72. The number of benzene rings is 1. The molecule has 1 fully saturated rings. The average Bonchev–Trinajstić information content (AvgIpc) is 3.43. The number of methoxy groups -OCH3 is 1. The summed E-state index contributed by atoms with van der Waals surface area (Å²) in [6.07, 6.45) is 4.00. The molecule has 8 heteroatoms. The molecular weight excluding hydrogens is 412 g/mol. The maximum absolute atomic E-state index is 11.8. The molecule has 0 radical (unpaired) electrons. The Morgan fingerprint density at radius 3 is 2.74 bits per heavy atom. The summed E-state index contributed by atoms with van der Waals surface area (Å²) in [5.74, 6) is 3.92. The third-order valence-electron chi connectivity index (χ3n) is 5.70. The van der Waals surface area contributed by atoms with Crippen molar-refractivity contribution in [2.24, 2.45) is 5.92 Å². The van der Waals surface area contributed by atoms with Crippen LogP contribution in [0.25, 0.3) is 0 Å². The van der Waals surface area contributed by atoms with E-state index >= 15 is 0 Å². The molecule has 1 aliphatic heterocycles. The summed E-state index contributed by atoms with van der Waals surface area (Å²) in [6.45, 7) is 6.42. The van der Waals surface area contributed by atoms with Gasteiger partial charge in [-0.1, -0.05) is 18.7 Å². The van der Waals surface area contributed by atoms with E-state index in [1.165, 1.54) is 0 Å². The van der Waals surface area contributed by atoms with Gasteiger partial charge in [0.2, 0.25) is 5.95 Å². The van der Waals surface area contributed by atoms with Crippen LogP contribution in [0.1, 0.15) is 48.4 Å². The molecular formula is C23H28N4O3S. The number of furan rings is 1. The minimum atomic E-state index is 0.0384. The molecule has 4 rings (SSSR count). The standard InChI is InChI=1S/C23H28N4O3S/c1-16-8-10-26(11-9-16)22-24-25-23(27(22)14-20-5-4-12-30-20)31-15-19-13-18(17(2)28)6-7-21(19)29-3/h4-7,12-13,16H,8-11,14-15H2,1-3H3. The molecule has 3 aromatic rings. The van der Waals surface area contributed by atoms with Crippen molar-refractivity contribution in [1.29, 1.82) is 0 Å². The molecule has 0 spiro atoms. The van der Waals surface area contributed by atoms with Crippen molar-refractivity contribution in [2.45, 2.75) is 44.1 Å². The molecule has 0 atom stereocenters. The number of ketones is 1. The first-order valence-corrected chi connectivity index (χ1v) is 11.5. The van der Waals surface area contributed by atoms with Gasteiger partial charge in [-0.2, -0.15) is 0 Å². The molecule has 0 unspecified atom stereocenters. The molecule has 7 nitrogen and oxygen atoms in total. The summed E-state index contributed by atoms with van der Waals surface area (Å²) in [4.78, 5) is 14.1. The van der Waals surface area contributed by atoms with E-state index in [1.807, 2.05) is 24.3 Å². The Bertz CT molecular complexity index is 1020. The van der Waals surface area contributed by atoms with Gasteiger partial charge in [-0.3, -0.25) is 9.36 Å². The third kappa shape index (κ3) is 4.95. The maximum Gasteiger partial charge on any atom is 0.228 e. The number of carbonyl (C=O) groups excluding carboxylic acids is 1. The van der Waals surface area contributed by atoms with Crippen molar-refractivity contribution in [1.82, 2.24) is 14.8 Å². The quantitative estimate of drug-likeness (QED) is 0.373. The fourth-order valence-corrected chi connectivity index (χ4v) is 4.69. The molecule has 164 valence electrons. The molecule has 1 aromatic carbocycles. The first-order valence-electron chi connectivity index (χ1n) is 10.6. The van der Waals surface area contributed by atoms with E-state index in [4.69, 9.17) is 9.15 Å². The van der Waals surface area contributed by atoms with Gasteiger partial charge in [0.25, 0.3) is 0 Å². The number of ether oxygens (including phenoxy) is 1. The molecule has 1 saturated heterocycles. The monoisotopic (exact) mass is 440 g/mol. The Hall–Kier alpha value is -2.74. The number of rotatable bonds is 8. The van der Waals surface area contributed by atoms with Gasteiger partial charge in [-0.25, -0.2) is 0 Å². The van der Waals surface area contributed by atoms with Crippen LogP contribution in [0.5, 0.6) is 5.75 Å². The number of Topliss-reactive ketones (excluding diaryl/α,β-unsaturated/α-hetero) is 1. The zero-order chi connectivity index (χ0) is 21.8. The van der Waals surface area contributed by atoms with E-state index in [1.54, 1.807) is 38.1 Å². The van der Waals surface area contributed by atoms with Crippen LogP contribution < -0.4 is 9.64 Å². The molecule has 3 heterocycles. The fraction of sp³-hybridized carbons (Fsp3) is 0.435. The van der Waals surface area contributed by atoms with Gasteiger partial charge in [-0.15, -0.1) is 10.2 Å². The van der Waals surface area contributed by atoms with E-state index in [9.17, 15) is 4.79 Å². The van der Waals surface area contributed by atoms with Crippen molar-refractivity contribution in [3.63, 3.8) is 0 Å². The van der Waals surface area contributed by atoms with Crippen LogP contribution in [0, 0.1) is 5.92 Å².